The summed E-state index contributed by atoms with van der Waals surface area (Å²) >= 11 is 0. The van der Waals surface area contributed by atoms with Crippen LogP contribution in [0.5, 0.6) is 11.5 Å². The fourth-order valence-electron chi connectivity index (χ4n) is 0.676. The first-order chi connectivity index (χ1) is 5.57. The summed E-state index contributed by atoms with van der Waals surface area (Å²) in [6, 6.07) is 4.72. The third kappa shape index (κ3) is 0.633. The normalized spacial score (nSPS) is 24.2. The van der Waals surface area contributed by atoms with Crippen molar-refractivity contribution in [3.05, 3.63) is 24.2 Å². The smallest absolute Gasteiger partial charge is 0.231 e. The second kappa shape index (κ2) is 1.65. The molecule has 1 heterocycles. The molecule has 1 aromatic carbocycles. The molecule has 0 radical (unpaired) electrons. The van der Waals surface area contributed by atoms with Gasteiger partial charge in [-0.3, -0.25) is 0 Å². The van der Waals surface area contributed by atoms with Crippen LogP contribution in [0.2, 0.25) is 0 Å². The van der Waals surface area contributed by atoms with E-state index in [-0.39, 0.29) is 11.8 Å². The van der Waals surface area contributed by atoms with E-state index >= 15 is 0 Å². The number of benzene rings is 1. The summed E-state index contributed by atoms with van der Waals surface area (Å²) in [7, 11) is 0. The molecular formula is C7H6O2. The maximum atomic E-state index is 7.24. The summed E-state index contributed by atoms with van der Waals surface area (Å²) in [6.45, 7) is -2.09. The third-order valence-corrected chi connectivity index (χ3v) is 1.09. The Morgan fingerprint density at radius 1 is 1.44 bits per heavy atom. The van der Waals surface area contributed by atoms with E-state index in [9.17, 15) is 0 Å². The maximum Gasteiger partial charge on any atom is 0.231 e. The molecule has 0 saturated heterocycles. The zero-order chi connectivity index (χ0) is 8.77. The van der Waals surface area contributed by atoms with Crippen LogP contribution in [0.4, 0.5) is 0 Å². The minimum atomic E-state index is -2.09. The van der Waals surface area contributed by atoms with Gasteiger partial charge in [-0.2, -0.15) is 0 Å². The Bertz CT molecular complexity index is 324. The molecule has 1 aromatic rings. The van der Waals surface area contributed by atoms with Gasteiger partial charge in [0.1, 0.15) is 2.74 Å². The first-order valence-electron chi connectivity index (χ1n) is 4.05. The molecule has 1 aliphatic heterocycles. The Balaban J connectivity index is 2.43. The number of ether oxygens (including phenoxy) is 2. The number of para-hydroxylation sites is 2. The van der Waals surface area contributed by atoms with E-state index in [0.29, 0.717) is 5.75 Å². The van der Waals surface area contributed by atoms with E-state index in [1.165, 1.54) is 18.2 Å². The summed E-state index contributed by atoms with van der Waals surface area (Å²) in [6.07, 6.45) is 0. The lowest BCUT2D eigenvalue weighted by atomic mass is 10.3. The second-order valence-electron chi connectivity index (χ2n) is 1.66. The highest BCUT2D eigenvalue weighted by Crippen LogP contribution is 2.30. The molecule has 2 heteroatoms. The first-order valence-corrected chi connectivity index (χ1v) is 2.55. The highest BCUT2D eigenvalue weighted by molar-refractivity contribution is 5.40. The number of hydrogen-bond donors (Lipinski definition) is 0. The largest absolute Gasteiger partial charge is 0.454 e. The van der Waals surface area contributed by atoms with Gasteiger partial charge in [-0.25, -0.2) is 0 Å². The Morgan fingerprint density at radius 2 is 2.22 bits per heavy atom. The zero-order valence-corrected chi connectivity index (χ0v) is 4.55. The molecule has 0 bridgehead atoms. The Hall–Kier alpha value is -1.18. The molecule has 0 aliphatic carbocycles. The molecule has 2 nitrogen and oxygen atoms in total. The molecule has 2 rings (SSSR count). The van der Waals surface area contributed by atoms with Gasteiger partial charge in [-0.1, -0.05) is 12.1 Å². The van der Waals surface area contributed by atoms with Crippen molar-refractivity contribution >= 4 is 0 Å². The van der Waals surface area contributed by atoms with Gasteiger partial charge < -0.3 is 9.47 Å². The van der Waals surface area contributed by atoms with Crippen LogP contribution < -0.4 is 9.47 Å². The number of hydrogen-bond acceptors (Lipinski definition) is 2. The summed E-state index contributed by atoms with van der Waals surface area (Å²) in [5.74, 6) is 0.628. The van der Waals surface area contributed by atoms with Crippen molar-refractivity contribution in [3.8, 4) is 11.5 Å². The van der Waals surface area contributed by atoms with Gasteiger partial charge in [-0.15, -0.1) is 0 Å². The Labute approximate surface area is 57.2 Å². The van der Waals surface area contributed by atoms with Gasteiger partial charge in [0.15, 0.2) is 11.5 Å². The highest BCUT2D eigenvalue weighted by atomic mass is 16.7. The molecular weight excluding hydrogens is 116 g/mol. The van der Waals surface area contributed by atoms with Crippen molar-refractivity contribution < 1.29 is 13.6 Å². The van der Waals surface area contributed by atoms with Crippen LogP contribution in [0, 0.1) is 0 Å². The minimum absolute atomic E-state index is 0.273. The van der Waals surface area contributed by atoms with E-state index in [1.54, 1.807) is 0 Å². The van der Waals surface area contributed by atoms with E-state index in [2.05, 4.69) is 0 Å². The van der Waals surface area contributed by atoms with Crippen LogP contribution in [-0.2, 0) is 0 Å². The predicted molar refractivity (Wildman–Crippen MR) is 32.6 cm³/mol. The molecule has 0 amide bonds. The average molecular weight is 125 g/mol. The highest BCUT2D eigenvalue weighted by Gasteiger charge is 2.09. The van der Waals surface area contributed by atoms with Crippen molar-refractivity contribution in [1.29, 1.82) is 0 Å². The molecule has 1 aliphatic rings. The van der Waals surface area contributed by atoms with E-state index in [0.717, 1.165) is 0 Å². The minimum Gasteiger partial charge on any atom is -0.454 e. The molecule has 0 spiro atoms. The second-order valence-corrected chi connectivity index (χ2v) is 1.66. The van der Waals surface area contributed by atoms with Gasteiger partial charge >= 0.3 is 0 Å². The van der Waals surface area contributed by atoms with E-state index < -0.39 is 6.75 Å². The molecule has 0 unspecified atom stereocenters. The van der Waals surface area contributed by atoms with Gasteiger partial charge in [0.25, 0.3) is 0 Å². The first kappa shape index (κ1) is 2.60. The lowest BCUT2D eigenvalue weighted by Gasteiger charge is -1.89. The third-order valence-electron chi connectivity index (χ3n) is 1.09. The zero-order valence-electron chi connectivity index (χ0n) is 7.55. The SMILES string of the molecule is [2H]c1ccc2c(c1)OC([2H])([2H])O2. The van der Waals surface area contributed by atoms with Gasteiger partial charge in [0.2, 0.25) is 6.75 Å². The molecule has 0 atom stereocenters. The molecule has 0 aromatic heterocycles. The van der Waals surface area contributed by atoms with Crippen LogP contribution in [0.15, 0.2) is 24.2 Å². The molecule has 9 heavy (non-hydrogen) atoms. The Morgan fingerprint density at radius 3 is 3.11 bits per heavy atom. The number of fused-ring (bicyclic) bond motifs is 1. The summed E-state index contributed by atoms with van der Waals surface area (Å²) in [5.41, 5.74) is 0. The van der Waals surface area contributed by atoms with Gasteiger partial charge in [0, 0.05) is 0 Å². The van der Waals surface area contributed by atoms with Crippen LogP contribution in [0.1, 0.15) is 4.11 Å². The summed E-state index contributed by atoms with van der Waals surface area (Å²) in [5, 5.41) is 0. The lowest BCUT2D eigenvalue weighted by molar-refractivity contribution is 0.174. The molecule has 46 valence electrons. The quantitative estimate of drug-likeness (QED) is 0.522. The van der Waals surface area contributed by atoms with Crippen molar-refractivity contribution in [2.75, 3.05) is 6.75 Å². The predicted octanol–water partition coefficient (Wildman–Crippen LogP) is 1.42. The van der Waals surface area contributed by atoms with Crippen molar-refractivity contribution in [2.45, 2.75) is 0 Å². The lowest BCUT2D eigenvalue weighted by Crippen LogP contribution is -1.92. The maximum absolute atomic E-state index is 7.24. The van der Waals surface area contributed by atoms with Crippen LogP contribution >= 0.6 is 0 Å². The van der Waals surface area contributed by atoms with Crippen LogP contribution in [-0.4, -0.2) is 6.75 Å². The standard InChI is InChI=1S/C7H6O2/c1-2-4-7-6(3-1)8-5-9-7/h1-4H,5H2/i1D,5D2. The molecule has 0 saturated carbocycles. The van der Waals surface area contributed by atoms with Crippen molar-refractivity contribution in [3.63, 3.8) is 0 Å². The van der Waals surface area contributed by atoms with Crippen LogP contribution in [0.3, 0.4) is 0 Å². The van der Waals surface area contributed by atoms with E-state index in [4.69, 9.17) is 13.6 Å². The fraction of sp³-hybridized carbons (Fsp3) is 0.143. The summed E-state index contributed by atoms with van der Waals surface area (Å²) < 4.78 is 31.0. The van der Waals surface area contributed by atoms with Gasteiger partial charge in [0.05, 0.1) is 1.37 Å². The fourth-order valence-corrected chi connectivity index (χ4v) is 0.676. The van der Waals surface area contributed by atoms with E-state index in [1.807, 2.05) is 0 Å². The van der Waals surface area contributed by atoms with Crippen molar-refractivity contribution in [1.82, 2.24) is 0 Å². The van der Waals surface area contributed by atoms with Crippen molar-refractivity contribution in [2.24, 2.45) is 0 Å². The average Bonchev–Trinajstić information content (AvgIpc) is 2.21. The topological polar surface area (TPSA) is 18.5 Å². The van der Waals surface area contributed by atoms with Crippen LogP contribution in [0.25, 0.3) is 0 Å². The number of rotatable bonds is 0. The molecule has 0 N–H and O–H groups in total. The Kier molecular flexibility index (Phi) is 0.478. The van der Waals surface area contributed by atoms with Gasteiger partial charge in [-0.05, 0) is 12.1 Å². The monoisotopic (exact) mass is 125 g/mol. The summed E-state index contributed by atoms with van der Waals surface area (Å²) in [4.78, 5) is 0. The molecule has 0 fully saturated rings.